The highest BCUT2D eigenvalue weighted by Gasteiger charge is 2.08. The minimum Gasteiger partial charge on any atom is -0.493 e. The first-order valence-corrected chi connectivity index (χ1v) is 5.74. The molecule has 0 amide bonds. The van der Waals surface area contributed by atoms with E-state index in [2.05, 4.69) is 5.10 Å². The van der Waals surface area contributed by atoms with E-state index in [1.807, 2.05) is 19.3 Å². The van der Waals surface area contributed by atoms with Gasteiger partial charge in [-0.05, 0) is 24.3 Å². The Kier molecular flexibility index (Phi) is 3.70. The topological polar surface area (TPSA) is 86.1 Å². The molecule has 0 saturated carbocycles. The molecule has 3 N–H and O–H groups in total. The van der Waals surface area contributed by atoms with E-state index in [1.165, 1.54) is 0 Å². The van der Waals surface area contributed by atoms with Gasteiger partial charge in [-0.3, -0.25) is 10.1 Å². The van der Waals surface area contributed by atoms with Crippen molar-refractivity contribution in [3.63, 3.8) is 0 Å². The zero-order valence-corrected chi connectivity index (χ0v) is 10.9. The van der Waals surface area contributed by atoms with Crippen LogP contribution >= 0.6 is 0 Å². The van der Waals surface area contributed by atoms with Crippen molar-refractivity contribution in [2.24, 2.45) is 12.8 Å². The van der Waals surface area contributed by atoms with Crippen LogP contribution in [-0.4, -0.2) is 22.7 Å². The van der Waals surface area contributed by atoms with Crippen LogP contribution in [0, 0.1) is 5.41 Å². The molecule has 6 nitrogen and oxygen atoms in total. The van der Waals surface area contributed by atoms with Crippen molar-refractivity contribution in [2.75, 3.05) is 7.11 Å². The lowest BCUT2D eigenvalue weighted by molar-refractivity contribution is 0.279. The van der Waals surface area contributed by atoms with Gasteiger partial charge in [-0.2, -0.15) is 5.10 Å². The van der Waals surface area contributed by atoms with Crippen molar-refractivity contribution in [3.8, 4) is 11.5 Å². The molecule has 2 aromatic rings. The fourth-order valence-corrected chi connectivity index (χ4v) is 1.65. The van der Waals surface area contributed by atoms with E-state index in [1.54, 1.807) is 30.0 Å². The number of hydrogen-bond donors (Lipinski definition) is 2. The normalized spacial score (nSPS) is 10.2. The summed E-state index contributed by atoms with van der Waals surface area (Å²) in [6.07, 6.45) is 1.86. The lowest BCUT2D eigenvalue weighted by Crippen LogP contribution is -2.11. The van der Waals surface area contributed by atoms with E-state index >= 15 is 0 Å². The van der Waals surface area contributed by atoms with Crippen molar-refractivity contribution >= 4 is 5.84 Å². The Morgan fingerprint density at radius 1 is 1.37 bits per heavy atom. The van der Waals surface area contributed by atoms with E-state index < -0.39 is 0 Å². The maximum atomic E-state index is 7.39. The van der Waals surface area contributed by atoms with Crippen LogP contribution in [0.5, 0.6) is 11.5 Å². The van der Waals surface area contributed by atoms with E-state index in [9.17, 15) is 0 Å². The summed E-state index contributed by atoms with van der Waals surface area (Å²) in [7, 11) is 3.40. The predicted molar refractivity (Wildman–Crippen MR) is 71.6 cm³/mol. The van der Waals surface area contributed by atoms with Crippen molar-refractivity contribution in [2.45, 2.75) is 6.61 Å². The number of nitrogen functional groups attached to an aromatic ring is 1. The van der Waals surface area contributed by atoms with Gasteiger partial charge in [0.15, 0.2) is 11.5 Å². The van der Waals surface area contributed by atoms with Crippen molar-refractivity contribution in [1.29, 1.82) is 5.41 Å². The van der Waals surface area contributed by atoms with Crippen molar-refractivity contribution in [1.82, 2.24) is 9.78 Å². The van der Waals surface area contributed by atoms with Crippen LogP contribution in [0.1, 0.15) is 11.3 Å². The Morgan fingerprint density at radius 2 is 2.16 bits per heavy atom. The van der Waals surface area contributed by atoms with E-state index in [-0.39, 0.29) is 5.84 Å². The van der Waals surface area contributed by atoms with Gasteiger partial charge in [0.05, 0.1) is 12.8 Å². The number of nitrogens with one attached hydrogen (secondary N) is 1. The third-order valence-electron chi connectivity index (χ3n) is 2.62. The van der Waals surface area contributed by atoms with Gasteiger partial charge in [0.1, 0.15) is 12.4 Å². The first-order valence-electron chi connectivity index (χ1n) is 5.74. The third-order valence-corrected chi connectivity index (χ3v) is 2.62. The Bertz CT molecular complexity index is 592. The lowest BCUT2D eigenvalue weighted by atomic mass is 10.2. The first kappa shape index (κ1) is 12.9. The summed E-state index contributed by atoms with van der Waals surface area (Å²) in [6, 6.07) is 7.02. The zero-order valence-electron chi connectivity index (χ0n) is 10.9. The second-order valence-electron chi connectivity index (χ2n) is 4.05. The standard InChI is InChI=1S/C13H16N4O2/c1-17-6-5-10(16-17)8-19-11-4-3-9(13(14)15)7-12(11)18-2/h3-7H,8H2,1-2H3,(H3,14,15). The third kappa shape index (κ3) is 3.04. The molecule has 0 aliphatic heterocycles. The second kappa shape index (κ2) is 5.43. The van der Waals surface area contributed by atoms with Gasteiger partial charge in [-0.15, -0.1) is 0 Å². The zero-order chi connectivity index (χ0) is 13.8. The van der Waals surface area contributed by atoms with Crippen LogP contribution in [0.4, 0.5) is 0 Å². The number of aromatic nitrogens is 2. The maximum absolute atomic E-state index is 7.39. The molecule has 1 aromatic heterocycles. The number of nitrogens with two attached hydrogens (primary N) is 1. The average molecular weight is 260 g/mol. The highest BCUT2D eigenvalue weighted by Crippen LogP contribution is 2.28. The van der Waals surface area contributed by atoms with Gasteiger partial charge >= 0.3 is 0 Å². The Labute approximate surface area is 111 Å². The molecular weight excluding hydrogens is 244 g/mol. The molecule has 0 aliphatic carbocycles. The van der Waals surface area contributed by atoms with Crippen molar-refractivity contribution in [3.05, 3.63) is 41.7 Å². The summed E-state index contributed by atoms with van der Waals surface area (Å²) in [5, 5.41) is 11.6. The smallest absolute Gasteiger partial charge is 0.161 e. The maximum Gasteiger partial charge on any atom is 0.161 e. The van der Waals surface area contributed by atoms with Crippen LogP contribution in [-0.2, 0) is 13.7 Å². The van der Waals surface area contributed by atoms with Crippen LogP contribution < -0.4 is 15.2 Å². The number of aryl methyl sites for hydroxylation is 1. The SMILES string of the molecule is COc1cc(C(=N)N)ccc1OCc1ccn(C)n1. The average Bonchev–Trinajstić information content (AvgIpc) is 2.81. The molecule has 1 heterocycles. The molecule has 0 atom stereocenters. The summed E-state index contributed by atoms with van der Waals surface area (Å²) < 4.78 is 12.6. The van der Waals surface area contributed by atoms with Crippen molar-refractivity contribution < 1.29 is 9.47 Å². The highest BCUT2D eigenvalue weighted by molar-refractivity contribution is 5.95. The number of hydrogen-bond acceptors (Lipinski definition) is 4. The molecule has 0 radical (unpaired) electrons. The molecule has 19 heavy (non-hydrogen) atoms. The predicted octanol–water partition coefficient (Wildman–Crippen LogP) is 1.29. The van der Waals surface area contributed by atoms with E-state index in [0.717, 1.165) is 5.69 Å². The Hall–Kier alpha value is -2.50. The van der Waals surface area contributed by atoms with Crippen LogP contribution in [0.25, 0.3) is 0 Å². The number of benzene rings is 1. The molecule has 2 rings (SSSR count). The molecule has 0 fully saturated rings. The molecule has 0 bridgehead atoms. The van der Waals surface area contributed by atoms with Gasteiger partial charge in [0.2, 0.25) is 0 Å². The first-order chi connectivity index (χ1) is 9.10. The van der Waals surface area contributed by atoms with Crippen LogP contribution in [0.2, 0.25) is 0 Å². The summed E-state index contributed by atoms with van der Waals surface area (Å²) in [5.74, 6) is 1.14. The fraction of sp³-hybridized carbons (Fsp3) is 0.231. The van der Waals surface area contributed by atoms with Gasteiger partial charge in [0, 0.05) is 18.8 Å². The number of ether oxygens (including phenoxy) is 2. The van der Waals surface area contributed by atoms with Gasteiger partial charge < -0.3 is 15.2 Å². The minimum absolute atomic E-state index is 0.00502. The highest BCUT2D eigenvalue weighted by atomic mass is 16.5. The summed E-state index contributed by atoms with van der Waals surface area (Å²) in [5.41, 5.74) is 6.86. The molecule has 1 aromatic carbocycles. The molecule has 6 heteroatoms. The van der Waals surface area contributed by atoms with Gasteiger partial charge in [0.25, 0.3) is 0 Å². The number of methoxy groups -OCH3 is 1. The Morgan fingerprint density at radius 3 is 2.74 bits per heavy atom. The number of rotatable bonds is 5. The summed E-state index contributed by atoms with van der Waals surface area (Å²) >= 11 is 0. The fourth-order valence-electron chi connectivity index (χ4n) is 1.65. The molecular formula is C13H16N4O2. The molecule has 0 saturated heterocycles. The van der Waals surface area contributed by atoms with E-state index in [0.29, 0.717) is 23.7 Å². The number of nitrogens with zero attached hydrogens (tertiary/aromatic N) is 2. The summed E-state index contributed by atoms with van der Waals surface area (Å²) in [4.78, 5) is 0. The lowest BCUT2D eigenvalue weighted by Gasteiger charge is -2.11. The quantitative estimate of drug-likeness (QED) is 0.626. The minimum atomic E-state index is -0.00502. The van der Waals surface area contributed by atoms with Crippen LogP contribution in [0.3, 0.4) is 0 Å². The molecule has 0 unspecified atom stereocenters. The monoisotopic (exact) mass is 260 g/mol. The number of amidine groups is 1. The summed E-state index contributed by atoms with van der Waals surface area (Å²) in [6.45, 7) is 0.358. The molecule has 0 spiro atoms. The molecule has 100 valence electrons. The van der Waals surface area contributed by atoms with E-state index in [4.69, 9.17) is 20.6 Å². The largest absolute Gasteiger partial charge is 0.493 e. The van der Waals surface area contributed by atoms with Crippen LogP contribution in [0.15, 0.2) is 30.5 Å². The molecule has 0 aliphatic rings. The second-order valence-corrected chi connectivity index (χ2v) is 4.05. The van der Waals surface area contributed by atoms with Gasteiger partial charge in [-0.1, -0.05) is 0 Å². The van der Waals surface area contributed by atoms with Gasteiger partial charge in [-0.25, -0.2) is 0 Å². The Balaban J connectivity index is 2.13.